The third kappa shape index (κ3) is 3.28. The Morgan fingerprint density at radius 2 is 1.88 bits per heavy atom. The third-order valence-corrected chi connectivity index (χ3v) is 2.76. The van der Waals surface area contributed by atoms with Crippen LogP contribution < -0.4 is 10.5 Å². The van der Waals surface area contributed by atoms with E-state index in [0.717, 1.165) is 15.8 Å². The normalized spacial score (nSPS) is 12.2. The van der Waals surface area contributed by atoms with Gasteiger partial charge in [0.05, 0.1) is 6.20 Å². The summed E-state index contributed by atoms with van der Waals surface area (Å²) < 4.78 is 6.55. The Morgan fingerprint density at radius 1 is 1.18 bits per heavy atom. The largest absolute Gasteiger partial charge is 0.456 e. The molecule has 88 valence electrons. The molecule has 0 aliphatic rings. The Balaban J connectivity index is 2.14. The minimum Gasteiger partial charge on any atom is -0.456 e. The molecule has 1 heterocycles. The zero-order chi connectivity index (χ0) is 12.3. The van der Waals surface area contributed by atoms with Crippen LogP contribution in [0.5, 0.6) is 11.5 Å². The van der Waals surface area contributed by atoms with Gasteiger partial charge in [0, 0.05) is 16.7 Å². The highest BCUT2D eigenvalue weighted by Crippen LogP contribution is 2.24. The summed E-state index contributed by atoms with van der Waals surface area (Å²) in [5, 5.41) is 0. The van der Waals surface area contributed by atoms with Crippen LogP contribution in [0.4, 0.5) is 0 Å². The predicted octanol–water partition coefficient (Wildman–Crippen LogP) is 3.66. The van der Waals surface area contributed by atoms with E-state index in [1.54, 1.807) is 12.4 Å². The second kappa shape index (κ2) is 5.29. The van der Waals surface area contributed by atoms with Gasteiger partial charge >= 0.3 is 0 Å². The highest BCUT2D eigenvalue weighted by molar-refractivity contribution is 9.10. The van der Waals surface area contributed by atoms with Crippen molar-refractivity contribution < 1.29 is 4.74 Å². The van der Waals surface area contributed by atoms with Crippen molar-refractivity contribution in [3.05, 3.63) is 52.8 Å². The van der Waals surface area contributed by atoms with E-state index in [0.29, 0.717) is 5.75 Å². The molecule has 0 aliphatic carbocycles. The lowest BCUT2D eigenvalue weighted by atomic mass is 10.1. The van der Waals surface area contributed by atoms with Gasteiger partial charge in [-0.05, 0) is 46.6 Å². The third-order valence-electron chi connectivity index (χ3n) is 2.32. The molecule has 1 atom stereocenters. The quantitative estimate of drug-likeness (QED) is 0.939. The van der Waals surface area contributed by atoms with Gasteiger partial charge in [-0.2, -0.15) is 0 Å². The Bertz CT molecular complexity index is 497. The van der Waals surface area contributed by atoms with Gasteiger partial charge in [-0.25, -0.2) is 0 Å². The van der Waals surface area contributed by atoms with Crippen molar-refractivity contribution in [2.45, 2.75) is 13.0 Å². The minimum absolute atomic E-state index is 0.0385. The maximum absolute atomic E-state index is 5.78. The van der Waals surface area contributed by atoms with Crippen molar-refractivity contribution in [2.24, 2.45) is 5.73 Å². The van der Waals surface area contributed by atoms with Crippen LogP contribution in [0.3, 0.4) is 0 Å². The first kappa shape index (κ1) is 12.1. The molecule has 0 radical (unpaired) electrons. The number of pyridine rings is 1. The molecule has 0 aliphatic heterocycles. The van der Waals surface area contributed by atoms with Crippen molar-refractivity contribution in [1.29, 1.82) is 0 Å². The second-order valence-corrected chi connectivity index (χ2v) is 4.71. The van der Waals surface area contributed by atoms with E-state index >= 15 is 0 Å². The molecule has 3 nitrogen and oxygen atoms in total. The van der Waals surface area contributed by atoms with Crippen LogP contribution in [0, 0.1) is 0 Å². The highest BCUT2D eigenvalue weighted by Gasteiger charge is 2.01. The smallest absolute Gasteiger partial charge is 0.146 e. The monoisotopic (exact) mass is 292 g/mol. The summed E-state index contributed by atoms with van der Waals surface area (Å²) in [6, 6.07) is 9.64. The van der Waals surface area contributed by atoms with E-state index in [2.05, 4.69) is 20.9 Å². The van der Waals surface area contributed by atoms with Crippen LogP contribution in [0.25, 0.3) is 0 Å². The van der Waals surface area contributed by atoms with Gasteiger partial charge in [-0.15, -0.1) is 0 Å². The van der Waals surface area contributed by atoms with Gasteiger partial charge in [0.2, 0.25) is 0 Å². The van der Waals surface area contributed by atoms with Gasteiger partial charge in [0.25, 0.3) is 0 Å². The van der Waals surface area contributed by atoms with Crippen molar-refractivity contribution in [3.63, 3.8) is 0 Å². The van der Waals surface area contributed by atoms with E-state index < -0.39 is 0 Å². The number of nitrogens with zero attached hydrogens (tertiary/aromatic N) is 1. The number of halogens is 1. The molecule has 0 bridgehead atoms. The van der Waals surface area contributed by atoms with Gasteiger partial charge < -0.3 is 10.5 Å². The fourth-order valence-electron chi connectivity index (χ4n) is 1.42. The van der Waals surface area contributed by atoms with E-state index in [1.165, 1.54) is 0 Å². The van der Waals surface area contributed by atoms with Gasteiger partial charge in [0.1, 0.15) is 11.5 Å². The summed E-state index contributed by atoms with van der Waals surface area (Å²) in [7, 11) is 0. The number of hydrogen-bond donors (Lipinski definition) is 1. The molecule has 0 saturated heterocycles. The molecule has 17 heavy (non-hydrogen) atoms. The maximum atomic E-state index is 5.78. The topological polar surface area (TPSA) is 48.1 Å². The first-order valence-electron chi connectivity index (χ1n) is 5.29. The number of aromatic nitrogens is 1. The lowest BCUT2D eigenvalue weighted by molar-refractivity contribution is 0.479. The number of benzene rings is 1. The lowest BCUT2D eigenvalue weighted by Crippen LogP contribution is -2.04. The summed E-state index contributed by atoms with van der Waals surface area (Å²) in [5.74, 6) is 1.47. The Hall–Kier alpha value is -1.39. The first-order chi connectivity index (χ1) is 8.15. The molecule has 2 aromatic rings. The summed E-state index contributed by atoms with van der Waals surface area (Å²) >= 11 is 3.35. The van der Waals surface area contributed by atoms with Crippen LogP contribution in [0.1, 0.15) is 18.5 Å². The highest BCUT2D eigenvalue weighted by atomic mass is 79.9. The number of ether oxygens (including phenoxy) is 1. The average molecular weight is 293 g/mol. The summed E-state index contributed by atoms with van der Waals surface area (Å²) in [4.78, 5) is 4.03. The van der Waals surface area contributed by atoms with Gasteiger partial charge in [-0.3, -0.25) is 4.98 Å². The summed E-state index contributed by atoms with van der Waals surface area (Å²) in [5.41, 5.74) is 6.87. The first-order valence-corrected chi connectivity index (χ1v) is 6.08. The van der Waals surface area contributed by atoms with Crippen LogP contribution >= 0.6 is 15.9 Å². The Labute approximate surface area is 109 Å². The zero-order valence-electron chi connectivity index (χ0n) is 9.43. The maximum Gasteiger partial charge on any atom is 0.146 e. The fourth-order valence-corrected chi connectivity index (χ4v) is 1.77. The van der Waals surface area contributed by atoms with Crippen LogP contribution in [-0.2, 0) is 0 Å². The standard InChI is InChI=1S/C13H13BrN2O/c1-9(15)10-2-4-12(5-3-10)17-13-6-11(14)7-16-8-13/h2-9H,15H2,1H3/t9-/m1/s1. The van der Waals surface area contributed by atoms with Crippen molar-refractivity contribution in [3.8, 4) is 11.5 Å². The number of rotatable bonds is 3. The molecule has 2 N–H and O–H groups in total. The molecule has 1 aromatic carbocycles. The van der Waals surface area contributed by atoms with Crippen molar-refractivity contribution >= 4 is 15.9 Å². The van der Waals surface area contributed by atoms with Crippen molar-refractivity contribution in [1.82, 2.24) is 4.98 Å². The van der Waals surface area contributed by atoms with E-state index in [1.807, 2.05) is 37.3 Å². The summed E-state index contributed by atoms with van der Waals surface area (Å²) in [6.07, 6.45) is 3.39. The van der Waals surface area contributed by atoms with Crippen molar-refractivity contribution in [2.75, 3.05) is 0 Å². The molecule has 1 aromatic heterocycles. The molecule has 0 spiro atoms. The van der Waals surface area contributed by atoms with Gasteiger partial charge in [-0.1, -0.05) is 12.1 Å². The predicted molar refractivity (Wildman–Crippen MR) is 71.1 cm³/mol. The van der Waals surface area contributed by atoms with Crippen LogP contribution in [0.2, 0.25) is 0 Å². The Kier molecular flexibility index (Phi) is 3.76. The molecule has 0 fully saturated rings. The molecule has 4 heteroatoms. The molecular formula is C13H13BrN2O. The fraction of sp³-hybridized carbons (Fsp3) is 0.154. The Morgan fingerprint density at radius 3 is 2.47 bits per heavy atom. The number of nitrogens with two attached hydrogens (primary N) is 1. The van der Waals surface area contributed by atoms with E-state index in [9.17, 15) is 0 Å². The molecule has 0 saturated carbocycles. The minimum atomic E-state index is 0.0385. The van der Waals surface area contributed by atoms with Crippen LogP contribution in [0.15, 0.2) is 47.2 Å². The summed E-state index contributed by atoms with van der Waals surface area (Å²) in [6.45, 7) is 1.95. The molecular weight excluding hydrogens is 280 g/mol. The van der Waals surface area contributed by atoms with Crippen LogP contribution in [-0.4, -0.2) is 4.98 Å². The van der Waals surface area contributed by atoms with E-state index in [4.69, 9.17) is 10.5 Å². The zero-order valence-corrected chi connectivity index (χ0v) is 11.0. The molecule has 2 rings (SSSR count). The molecule has 0 amide bonds. The van der Waals surface area contributed by atoms with E-state index in [-0.39, 0.29) is 6.04 Å². The average Bonchev–Trinajstić information content (AvgIpc) is 2.29. The molecule has 0 unspecified atom stereocenters. The van der Waals surface area contributed by atoms with Gasteiger partial charge in [0.15, 0.2) is 0 Å². The second-order valence-electron chi connectivity index (χ2n) is 3.80. The lowest BCUT2D eigenvalue weighted by Gasteiger charge is -2.08. The number of hydrogen-bond acceptors (Lipinski definition) is 3. The SMILES string of the molecule is C[C@@H](N)c1ccc(Oc2cncc(Br)c2)cc1.